The predicted molar refractivity (Wildman–Crippen MR) is 116 cm³/mol. The van der Waals surface area contributed by atoms with Gasteiger partial charge in [-0.3, -0.25) is 0 Å². The van der Waals surface area contributed by atoms with Gasteiger partial charge >= 0.3 is 0 Å². The molecule has 2 atom stereocenters. The first kappa shape index (κ1) is 27.2. The summed E-state index contributed by atoms with van der Waals surface area (Å²) in [6.45, 7) is 14.6. The molecule has 6 nitrogen and oxygen atoms in total. The molecule has 164 valence electrons. The Labute approximate surface area is 169 Å². The molecule has 0 saturated carbocycles. The summed E-state index contributed by atoms with van der Waals surface area (Å²) in [7, 11) is 1.76. The van der Waals surface area contributed by atoms with Gasteiger partial charge in [0.25, 0.3) is 0 Å². The Balaban J connectivity index is 3.96. The summed E-state index contributed by atoms with van der Waals surface area (Å²) in [6, 6.07) is 2.25. The Morgan fingerprint density at radius 1 is 0.704 bits per heavy atom. The van der Waals surface area contributed by atoms with Crippen molar-refractivity contribution in [3.05, 3.63) is 0 Å². The number of methoxy groups -OCH3 is 3. The highest BCUT2D eigenvalue weighted by Crippen LogP contribution is 2.23. The minimum atomic E-state index is -1.67. The molecule has 8 heteroatoms. The van der Waals surface area contributed by atoms with Crippen LogP contribution in [0.3, 0.4) is 0 Å². The van der Waals surface area contributed by atoms with E-state index in [4.69, 9.17) is 27.8 Å². The lowest BCUT2D eigenvalue weighted by molar-refractivity contribution is -0.0301. The van der Waals surface area contributed by atoms with Gasteiger partial charge in [0.2, 0.25) is 0 Å². The molecule has 0 aliphatic carbocycles. The average Bonchev–Trinajstić information content (AvgIpc) is 2.58. The number of hydrogen-bond acceptors (Lipinski definition) is 6. The quantitative estimate of drug-likeness (QED) is 0.245. The van der Waals surface area contributed by atoms with Crippen molar-refractivity contribution in [2.45, 2.75) is 70.2 Å². The highest BCUT2D eigenvalue weighted by atomic mass is 28.4. The molecule has 0 bridgehead atoms. The molecule has 0 aliphatic heterocycles. The van der Waals surface area contributed by atoms with Crippen molar-refractivity contribution < 1.29 is 27.8 Å². The lowest BCUT2D eigenvalue weighted by Crippen LogP contribution is -2.44. The number of rotatable bonds is 18. The maximum absolute atomic E-state index is 6.66. The normalized spacial score (nSPS) is 15.1. The zero-order valence-electron chi connectivity index (χ0n) is 19.0. The van der Waals surface area contributed by atoms with Crippen LogP contribution in [0, 0.1) is 0 Å². The molecule has 0 aliphatic rings. The minimum Gasteiger partial charge on any atom is -0.455 e. The van der Waals surface area contributed by atoms with Crippen LogP contribution in [-0.2, 0) is 27.8 Å². The van der Waals surface area contributed by atoms with Crippen molar-refractivity contribution in [2.75, 3.05) is 54.4 Å². The number of ether oxygens (including phenoxy) is 5. The second kappa shape index (κ2) is 15.1. The molecule has 0 saturated heterocycles. The monoisotopic (exact) mass is 424 g/mol. The Morgan fingerprint density at radius 3 is 1.67 bits per heavy atom. The van der Waals surface area contributed by atoms with Crippen LogP contribution in [0.5, 0.6) is 0 Å². The van der Waals surface area contributed by atoms with Crippen LogP contribution in [0.4, 0.5) is 0 Å². The van der Waals surface area contributed by atoms with E-state index in [1.807, 2.05) is 6.92 Å². The smallest absolute Gasteiger partial charge is 0.173 e. The summed E-state index contributed by atoms with van der Waals surface area (Å²) in [5.74, 6) is 0. The van der Waals surface area contributed by atoms with E-state index in [9.17, 15) is 0 Å². The third kappa shape index (κ3) is 15.8. The van der Waals surface area contributed by atoms with E-state index in [1.54, 1.807) is 21.3 Å². The van der Waals surface area contributed by atoms with Gasteiger partial charge in [-0.2, -0.15) is 0 Å². The van der Waals surface area contributed by atoms with Crippen molar-refractivity contribution >= 4 is 16.6 Å². The zero-order valence-corrected chi connectivity index (χ0v) is 21.0. The average molecular weight is 425 g/mol. The Kier molecular flexibility index (Phi) is 15.2. The third-order valence-electron chi connectivity index (χ3n) is 4.43. The van der Waals surface area contributed by atoms with Gasteiger partial charge in [0, 0.05) is 34.5 Å². The predicted octanol–water partition coefficient (Wildman–Crippen LogP) is 3.92. The summed E-state index contributed by atoms with van der Waals surface area (Å²) in [6.07, 6.45) is 2.26. The summed E-state index contributed by atoms with van der Waals surface area (Å²) in [5, 5.41) is 0. The topological polar surface area (TPSA) is 55.4 Å². The third-order valence-corrected chi connectivity index (χ3v) is 12.0. The first-order valence-electron chi connectivity index (χ1n) is 10.1. The maximum Gasteiger partial charge on any atom is 0.173 e. The van der Waals surface area contributed by atoms with Crippen molar-refractivity contribution in [3.63, 3.8) is 0 Å². The SMILES string of the molecule is COCC(COCCC[Si](C)(C)O[Si](C)(C)CCCOCC(C)OC)OC. The van der Waals surface area contributed by atoms with Crippen LogP contribution >= 0.6 is 0 Å². The van der Waals surface area contributed by atoms with Crippen LogP contribution in [0.15, 0.2) is 0 Å². The molecule has 0 fully saturated rings. The highest BCUT2D eigenvalue weighted by Gasteiger charge is 2.32. The van der Waals surface area contributed by atoms with Gasteiger partial charge in [-0.25, -0.2) is 0 Å². The van der Waals surface area contributed by atoms with Gasteiger partial charge in [-0.1, -0.05) is 0 Å². The largest absolute Gasteiger partial charge is 0.455 e. The second-order valence-electron chi connectivity index (χ2n) is 8.34. The molecule has 27 heavy (non-hydrogen) atoms. The van der Waals surface area contributed by atoms with E-state index in [0.717, 1.165) is 38.1 Å². The molecule has 0 N–H and O–H groups in total. The van der Waals surface area contributed by atoms with Gasteiger partial charge in [-0.15, -0.1) is 0 Å². The minimum absolute atomic E-state index is 0.0111. The van der Waals surface area contributed by atoms with E-state index in [1.165, 1.54) is 0 Å². The van der Waals surface area contributed by atoms with E-state index in [2.05, 4.69) is 26.2 Å². The van der Waals surface area contributed by atoms with Gasteiger partial charge < -0.3 is 27.8 Å². The van der Waals surface area contributed by atoms with Gasteiger partial charge in [-0.05, 0) is 58.0 Å². The molecular weight excluding hydrogens is 380 g/mol. The van der Waals surface area contributed by atoms with Crippen molar-refractivity contribution in [2.24, 2.45) is 0 Å². The fourth-order valence-corrected chi connectivity index (χ4v) is 11.7. The van der Waals surface area contributed by atoms with Gasteiger partial charge in [0.1, 0.15) is 6.10 Å². The van der Waals surface area contributed by atoms with Crippen LogP contribution in [-0.4, -0.2) is 83.2 Å². The van der Waals surface area contributed by atoms with Crippen molar-refractivity contribution in [1.29, 1.82) is 0 Å². The number of hydrogen-bond donors (Lipinski definition) is 0. The fourth-order valence-electron chi connectivity index (χ4n) is 2.95. The maximum atomic E-state index is 6.66. The van der Waals surface area contributed by atoms with E-state index < -0.39 is 16.6 Å². The standard InChI is InChI=1S/C19H44O6Si2/c1-18(21-3)15-23-11-9-13-26(5,6)25-27(7,8)14-10-12-24-17-19(22-4)16-20-2/h18-19H,9-17H2,1-8H3. The second-order valence-corrected chi connectivity index (χ2v) is 17.2. The van der Waals surface area contributed by atoms with E-state index in [-0.39, 0.29) is 12.2 Å². The summed E-state index contributed by atoms with van der Waals surface area (Å²) >= 11 is 0. The molecule has 0 spiro atoms. The molecule has 0 rings (SSSR count). The van der Waals surface area contributed by atoms with Crippen LogP contribution in [0.25, 0.3) is 0 Å². The van der Waals surface area contributed by atoms with E-state index in [0.29, 0.717) is 19.8 Å². The molecular formula is C19H44O6Si2. The van der Waals surface area contributed by atoms with Crippen LogP contribution in [0.1, 0.15) is 19.8 Å². The molecule has 0 aromatic rings. The summed E-state index contributed by atoms with van der Waals surface area (Å²) < 4.78 is 33.6. The fraction of sp³-hybridized carbons (Fsp3) is 1.00. The molecule has 2 unspecified atom stereocenters. The first-order chi connectivity index (χ1) is 12.7. The lowest BCUT2D eigenvalue weighted by atomic mass is 10.4. The summed E-state index contributed by atoms with van der Waals surface area (Å²) in [4.78, 5) is 0. The van der Waals surface area contributed by atoms with Crippen molar-refractivity contribution in [1.82, 2.24) is 0 Å². The lowest BCUT2D eigenvalue weighted by Gasteiger charge is -2.34. The zero-order chi connectivity index (χ0) is 20.8. The van der Waals surface area contributed by atoms with Crippen molar-refractivity contribution in [3.8, 4) is 0 Å². The van der Waals surface area contributed by atoms with E-state index >= 15 is 0 Å². The molecule has 0 aromatic heterocycles. The molecule has 0 aromatic carbocycles. The first-order valence-corrected chi connectivity index (χ1v) is 16.3. The molecule has 0 heterocycles. The van der Waals surface area contributed by atoms with Crippen LogP contribution < -0.4 is 0 Å². The Bertz CT molecular complexity index is 355. The summed E-state index contributed by atoms with van der Waals surface area (Å²) in [5.41, 5.74) is 0. The van der Waals surface area contributed by atoms with Crippen LogP contribution in [0.2, 0.25) is 38.3 Å². The van der Waals surface area contributed by atoms with Gasteiger partial charge in [0.15, 0.2) is 16.6 Å². The highest BCUT2D eigenvalue weighted by molar-refractivity contribution is 6.84. The molecule has 0 radical (unpaired) electrons. The Hall–Kier alpha value is 0.194. The molecule has 0 amide bonds. The Morgan fingerprint density at radius 2 is 1.22 bits per heavy atom. The van der Waals surface area contributed by atoms with Gasteiger partial charge in [0.05, 0.1) is 25.9 Å².